The summed E-state index contributed by atoms with van der Waals surface area (Å²) in [6.07, 6.45) is -3.11. The van der Waals surface area contributed by atoms with Gasteiger partial charge in [0.15, 0.2) is 5.69 Å². The number of carbonyl (C=O) groups is 1. The number of benzene rings is 1. The third-order valence-electron chi connectivity index (χ3n) is 3.82. The molecular formula is C16H13ClF5N3O2. The van der Waals surface area contributed by atoms with Crippen LogP contribution in [-0.4, -0.2) is 22.3 Å². The molecule has 11 heteroatoms. The molecule has 0 spiro atoms. The molecule has 1 amide bonds. The van der Waals surface area contributed by atoms with Gasteiger partial charge in [-0.2, -0.15) is 27.1 Å². The van der Waals surface area contributed by atoms with E-state index in [0.717, 1.165) is 29.7 Å². The molecule has 0 saturated heterocycles. The van der Waals surface area contributed by atoms with Crippen LogP contribution in [0.15, 0.2) is 24.3 Å². The lowest BCUT2D eigenvalue weighted by Gasteiger charge is -2.10. The average Bonchev–Trinajstić information content (AvgIpc) is 3.29. The summed E-state index contributed by atoms with van der Waals surface area (Å²) in [5.74, 6) is -0.934. The van der Waals surface area contributed by atoms with Crippen molar-refractivity contribution in [3.05, 3.63) is 40.7 Å². The third kappa shape index (κ3) is 4.88. The summed E-state index contributed by atoms with van der Waals surface area (Å²) in [6, 6.07) is 4.59. The van der Waals surface area contributed by atoms with Crippen LogP contribution in [-0.2, 0) is 17.5 Å². The van der Waals surface area contributed by atoms with Crippen LogP contribution in [0.25, 0.3) is 0 Å². The van der Waals surface area contributed by atoms with Crippen molar-refractivity contribution in [2.45, 2.75) is 38.1 Å². The van der Waals surface area contributed by atoms with Crippen molar-refractivity contribution in [1.29, 1.82) is 0 Å². The predicted octanol–water partition coefficient (Wildman–Crippen LogP) is 4.67. The standard InChI is InChI=1S/C16H13ClF5N3O2/c17-10-5-9(3-4-12(10)27-15(18)19)23-14(26)7-25-11(8-1-2-8)6-13(24-25)16(20,21)22/h3-6,8,15H,1-2,7H2,(H,23,26). The van der Waals surface area contributed by atoms with Gasteiger partial charge < -0.3 is 10.1 Å². The highest BCUT2D eigenvalue weighted by Crippen LogP contribution is 2.42. The van der Waals surface area contributed by atoms with Crippen molar-refractivity contribution in [3.8, 4) is 5.75 Å². The second-order valence-corrected chi connectivity index (χ2v) is 6.36. The van der Waals surface area contributed by atoms with Crippen molar-refractivity contribution >= 4 is 23.2 Å². The molecular weight excluding hydrogens is 397 g/mol. The molecule has 2 aromatic rings. The van der Waals surface area contributed by atoms with E-state index in [0.29, 0.717) is 5.69 Å². The number of hydrogen-bond acceptors (Lipinski definition) is 3. The van der Waals surface area contributed by atoms with E-state index in [9.17, 15) is 26.7 Å². The average molecular weight is 410 g/mol. The van der Waals surface area contributed by atoms with E-state index in [1.54, 1.807) is 0 Å². The van der Waals surface area contributed by atoms with Gasteiger partial charge in [-0.3, -0.25) is 9.48 Å². The van der Waals surface area contributed by atoms with Crippen LogP contribution in [0.3, 0.4) is 0 Å². The zero-order valence-corrected chi connectivity index (χ0v) is 14.3. The summed E-state index contributed by atoms with van der Waals surface area (Å²) in [5.41, 5.74) is -0.507. The number of amides is 1. The first-order valence-corrected chi connectivity index (χ1v) is 8.20. The summed E-state index contributed by atoms with van der Waals surface area (Å²) in [6.45, 7) is -3.47. The van der Waals surface area contributed by atoms with Crippen molar-refractivity contribution in [2.75, 3.05) is 5.32 Å². The van der Waals surface area contributed by atoms with Gasteiger partial charge in [0.2, 0.25) is 5.91 Å². The molecule has 5 nitrogen and oxygen atoms in total. The van der Waals surface area contributed by atoms with E-state index in [-0.39, 0.29) is 22.4 Å². The fourth-order valence-corrected chi connectivity index (χ4v) is 2.74. The second kappa shape index (κ2) is 7.34. The Bertz CT molecular complexity index is 849. The van der Waals surface area contributed by atoms with E-state index in [4.69, 9.17) is 11.6 Å². The molecule has 1 aromatic heterocycles. The first-order chi connectivity index (χ1) is 12.6. The Balaban J connectivity index is 1.71. The first-order valence-electron chi connectivity index (χ1n) is 7.82. The first kappa shape index (κ1) is 19.4. The van der Waals surface area contributed by atoms with E-state index in [2.05, 4.69) is 15.2 Å². The summed E-state index contributed by atoms with van der Waals surface area (Å²) in [4.78, 5) is 12.2. The van der Waals surface area contributed by atoms with Gasteiger partial charge in [0, 0.05) is 17.3 Å². The number of halogens is 6. The Kier molecular flexibility index (Phi) is 5.27. The molecule has 1 aliphatic rings. The molecule has 1 N–H and O–H groups in total. The van der Waals surface area contributed by atoms with Crippen LogP contribution in [0.4, 0.5) is 27.6 Å². The lowest BCUT2D eigenvalue weighted by Crippen LogP contribution is -2.21. The van der Waals surface area contributed by atoms with Crippen LogP contribution in [0, 0.1) is 0 Å². The number of hydrogen-bond donors (Lipinski definition) is 1. The minimum Gasteiger partial charge on any atom is -0.433 e. The lowest BCUT2D eigenvalue weighted by molar-refractivity contribution is -0.141. The van der Waals surface area contributed by atoms with Gasteiger partial charge >= 0.3 is 12.8 Å². The molecule has 1 aliphatic carbocycles. The molecule has 0 aliphatic heterocycles. The number of aromatic nitrogens is 2. The Morgan fingerprint density at radius 1 is 1.33 bits per heavy atom. The molecule has 0 radical (unpaired) electrons. The van der Waals surface area contributed by atoms with E-state index < -0.39 is 30.9 Å². The highest BCUT2D eigenvalue weighted by atomic mass is 35.5. The van der Waals surface area contributed by atoms with Gasteiger partial charge in [-0.15, -0.1) is 0 Å². The quantitative estimate of drug-likeness (QED) is 0.705. The maximum Gasteiger partial charge on any atom is 0.435 e. The third-order valence-corrected chi connectivity index (χ3v) is 4.12. The van der Waals surface area contributed by atoms with Gasteiger partial charge in [0.1, 0.15) is 12.3 Å². The maximum atomic E-state index is 12.9. The van der Waals surface area contributed by atoms with E-state index >= 15 is 0 Å². The van der Waals surface area contributed by atoms with E-state index in [1.165, 1.54) is 12.1 Å². The number of nitrogens with zero attached hydrogens (tertiary/aromatic N) is 2. The zero-order chi connectivity index (χ0) is 19.8. The normalized spacial score (nSPS) is 14.5. The number of nitrogens with one attached hydrogen (secondary N) is 1. The Morgan fingerprint density at radius 2 is 2.04 bits per heavy atom. The summed E-state index contributed by atoms with van der Waals surface area (Å²) >= 11 is 5.79. The van der Waals surface area contributed by atoms with Gasteiger partial charge in [-0.05, 0) is 37.1 Å². The number of carbonyl (C=O) groups excluding carboxylic acids is 1. The van der Waals surface area contributed by atoms with Crippen LogP contribution in [0.1, 0.15) is 30.1 Å². The summed E-state index contributed by atoms with van der Waals surface area (Å²) in [5, 5.41) is 5.78. The smallest absolute Gasteiger partial charge is 0.433 e. The Hall–Kier alpha value is -2.36. The monoisotopic (exact) mass is 409 g/mol. The molecule has 0 unspecified atom stereocenters. The number of rotatable bonds is 6. The van der Waals surface area contributed by atoms with Crippen molar-refractivity contribution in [3.63, 3.8) is 0 Å². The molecule has 1 fully saturated rings. The van der Waals surface area contributed by atoms with Crippen LogP contribution in [0.2, 0.25) is 5.02 Å². The lowest BCUT2D eigenvalue weighted by atomic mass is 10.2. The number of ether oxygens (including phenoxy) is 1. The van der Waals surface area contributed by atoms with Crippen LogP contribution < -0.4 is 10.1 Å². The zero-order valence-electron chi connectivity index (χ0n) is 13.6. The maximum absolute atomic E-state index is 12.9. The van der Waals surface area contributed by atoms with Gasteiger partial charge in [0.05, 0.1) is 5.02 Å². The van der Waals surface area contributed by atoms with Crippen LogP contribution in [0.5, 0.6) is 5.75 Å². The molecule has 1 saturated carbocycles. The fourth-order valence-electron chi connectivity index (χ4n) is 2.51. The topological polar surface area (TPSA) is 56.2 Å². The van der Waals surface area contributed by atoms with Crippen molar-refractivity contribution in [2.24, 2.45) is 0 Å². The Labute approximate surface area is 155 Å². The summed E-state index contributed by atoms with van der Waals surface area (Å²) in [7, 11) is 0. The highest BCUT2D eigenvalue weighted by molar-refractivity contribution is 6.32. The highest BCUT2D eigenvalue weighted by Gasteiger charge is 2.38. The molecule has 3 rings (SSSR count). The second-order valence-electron chi connectivity index (χ2n) is 5.96. The molecule has 1 aromatic carbocycles. The summed E-state index contributed by atoms with van der Waals surface area (Å²) < 4.78 is 68.2. The molecule has 0 atom stereocenters. The van der Waals surface area contributed by atoms with E-state index in [1.807, 2.05) is 0 Å². The predicted molar refractivity (Wildman–Crippen MR) is 85.9 cm³/mol. The van der Waals surface area contributed by atoms with Crippen molar-refractivity contribution < 1.29 is 31.5 Å². The molecule has 27 heavy (non-hydrogen) atoms. The Morgan fingerprint density at radius 3 is 2.59 bits per heavy atom. The van der Waals surface area contributed by atoms with Gasteiger partial charge in [0.25, 0.3) is 0 Å². The fraction of sp³-hybridized carbons (Fsp3) is 0.375. The number of alkyl halides is 5. The number of anilines is 1. The molecule has 146 valence electrons. The van der Waals surface area contributed by atoms with Gasteiger partial charge in [-0.1, -0.05) is 11.6 Å². The minimum absolute atomic E-state index is 0.0402. The van der Waals surface area contributed by atoms with Gasteiger partial charge in [-0.25, -0.2) is 0 Å². The molecule has 0 bridgehead atoms. The van der Waals surface area contributed by atoms with Crippen molar-refractivity contribution in [1.82, 2.24) is 9.78 Å². The minimum atomic E-state index is -4.60. The SMILES string of the molecule is O=C(Cn1nc(C(F)(F)F)cc1C1CC1)Nc1ccc(OC(F)F)c(Cl)c1. The molecule has 1 heterocycles. The largest absolute Gasteiger partial charge is 0.435 e. The van der Waals surface area contributed by atoms with Crippen LogP contribution >= 0.6 is 11.6 Å².